The molecule has 0 aliphatic heterocycles. The van der Waals surface area contributed by atoms with Gasteiger partial charge in [0.15, 0.2) is 0 Å². The zero-order chi connectivity index (χ0) is 28.5. The van der Waals surface area contributed by atoms with Crippen molar-refractivity contribution in [3.8, 4) is 22.5 Å². The van der Waals surface area contributed by atoms with Crippen LogP contribution in [0.2, 0.25) is 10.0 Å². The van der Waals surface area contributed by atoms with Gasteiger partial charge in [0, 0.05) is 64.9 Å². The second-order valence-electron chi connectivity index (χ2n) is 8.95. The van der Waals surface area contributed by atoms with Gasteiger partial charge in [-0.3, -0.25) is 4.79 Å². The van der Waals surface area contributed by atoms with Crippen molar-refractivity contribution in [1.29, 1.82) is 0 Å². The summed E-state index contributed by atoms with van der Waals surface area (Å²) in [7, 11) is 0. The number of hydrogen-bond donors (Lipinski definition) is 3. The molecular weight excluding hydrogens is 545 g/mol. The van der Waals surface area contributed by atoms with Crippen LogP contribution >= 0.6 is 23.2 Å². The fourth-order valence-corrected chi connectivity index (χ4v) is 4.72. The molecule has 0 unspecified atom stereocenters. The third-order valence-corrected chi connectivity index (χ3v) is 6.70. The summed E-state index contributed by atoms with van der Waals surface area (Å²) in [5.74, 6) is -0.240. The largest absolute Gasteiger partial charge is 0.382 e. The summed E-state index contributed by atoms with van der Waals surface area (Å²) in [5.41, 5.74) is 11.2. The molecule has 1 amide bonds. The Morgan fingerprint density at radius 1 is 1.00 bits per heavy atom. The van der Waals surface area contributed by atoms with Crippen LogP contribution in [0.1, 0.15) is 29.9 Å². The van der Waals surface area contributed by atoms with Crippen molar-refractivity contribution >= 4 is 40.0 Å². The first-order chi connectivity index (χ1) is 19.5. The van der Waals surface area contributed by atoms with E-state index in [1.165, 1.54) is 0 Å². The van der Waals surface area contributed by atoms with Crippen molar-refractivity contribution in [2.75, 3.05) is 26.3 Å². The molecule has 2 heterocycles. The average molecular weight is 579 g/mol. The number of rotatable bonds is 9. The highest BCUT2D eigenvalue weighted by atomic mass is 35.5. The number of imidazole rings is 1. The maximum atomic E-state index is 13.3. The first-order valence-electron chi connectivity index (χ1n) is 13.2. The number of nitrogens with zero attached hydrogens (tertiary/aromatic N) is 2. The van der Waals surface area contributed by atoms with Gasteiger partial charge in [-0.25, -0.2) is 4.98 Å². The SMILES string of the molecule is CCOCC.NCCNC(=O)c1[nH]c2cc(Cl)ccc2c1-c1c(-c2ccccc2)ncn1Cc1ccc(Cl)cc1. The van der Waals surface area contributed by atoms with Gasteiger partial charge in [0.05, 0.1) is 17.7 Å². The lowest BCUT2D eigenvalue weighted by molar-refractivity contribution is 0.0951. The number of ether oxygens (including phenoxy) is 1. The zero-order valence-corrected chi connectivity index (χ0v) is 24.1. The van der Waals surface area contributed by atoms with Gasteiger partial charge < -0.3 is 25.3 Å². The summed E-state index contributed by atoms with van der Waals surface area (Å²) in [6.07, 6.45) is 1.81. The van der Waals surface area contributed by atoms with Gasteiger partial charge >= 0.3 is 0 Å². The van der Waals surface area contributed by atoms with Crippen molar-refractivity contribution in [2.45, 2.75) is 20.4 Å². The number of benzene rings is 3. The van der Waals surface area contributed by atoms with Crippen molar-refractivity contribution in [3.05, 3.63) is 100 Å². The summed E-state index contributed by atoms with van der Waals surface area (Å²) < 4.78 is 6.89. The highest BCUT2D eigenvalue weighted by molar-refractivity contribution is 6.31. The standard InChI is InChI=1S/C27H23Cl2N5O.C4H10O/c28-19-8-6-17(7-9-19)15-34-16-32-24(18-4-2-1-3-5-18)26(34)23-21-11-10-20(29)14-22(21)33-25(23)27(35)31-13-12-30;1-3-5-4-2/h1-11,14,16,33H,12-13,15,30H2,(H,31,35);3-4H2,1-2H3. The van der Waals surface area contributed by atoms with E-state index in [1.54, 1.807) is 0 Å². The van der Waals surface area contributed by atoms with Gasteiger partial charge in [-0.05, 0) is 43.7 Å². The minimum Gasteiger partial charge on any atom is -0.382 e. The van der Waals surface area contributed by atoms with E-state index in [2.05, 4.69) is 14.9 Å². The number of carbonyl (C=O) groups excluding carboxylic acids is 1. The van der Waals surface area contributed by atoms with Gasteiger partial charge in [-0.2, -0.15) is 0 Å². The lowest BCUT2D eigenvalue weighted by Crippen LogP contribution is -2.29. The predicted octanol–water partition coefficient (Wildman–Crippen LogP) is 6.78. The summed E-state index contributed by atoms with van der Waals surface area (Å²) in [6, 6.07) is 23.2. The molecule has 208 valence electrons. The van der Waals surface area contributed by atoms with E-state index in [9.17, 15) is 4.79 Å². The molecule has 4 N–H and O–H groups in total. The van der Waals surface area contributed by atoms with Gasteiger partial charge in [-0.1, -0.05) is 71.7 Å². The fourth-order valence-electron chi connectivity index (χ4n) is 4.42. The Labute approximate surface area is 244 Å². The first kappa shape index (κ1) is 29.4. The lowest BCUT2D eigenvalue weighted by atomic mass is 10.0. The molecule has 9 heteroatoms. The molecule has 0 fully saturated rings. The van der Waals surface area contributed by atoms with E-state index in [1.807, 2.05) is 93.0 Å². The Morgan fingerprint density at radius 2 is 1.70 bits per heavy atom. The normalized spacial score (nSPS) is 10.8. The summed E-state index contributed by atoms with van der Waals surface area (Å²) in [6.45, 7) is 6.93. The molecule has 0 bridgehead atoms. The second-order valence-corrected chi connectivity index (χ2v) is 9.83. The Balaban J connectivity index is 0.000000681. The van der Waals surface area contributed by atoms with Gasteiger partial charge in [0.2, 0.25) is 0 Å². The number of aromatic nitrogens is 3. The minimum atomic E-state index is -0.240. The van der Waals surface area contributed by atoms with Crippen LogP contribution in [0.3, 0.4) is 0 Å². The number of carbonyl (C=O) groups is 1. The number of halogens is 2. The quantitative estimate of drug-likeness (QED) is 0.180. The summed E-state index contributed by atoms with van der Waals surface area (Å²) in [4.78, 5) is 21.3. The van der Waals surface area contributed by atoms with Crippen LogP contribution in [0.15, 0.2) is 79.1 Å². The van der Waals surface area contributed by atoms with Gasteiger partial charge in [0.25, 0.3) is 5.91 Å². The van der Waals surface area contributed by atoms with Crippen LogP contribution in [0.5, 0.6) is 0 Å². The van der Waals surface area contributed by atoms with Crippen molar-refractivity contribution in [1.82, 2.24) is 19.9 Å². The van der Waals surface area contributed by atoms with Gasteiger partial charge in [0.1, 0.15) is 5.69 Å². The van der Waals surface area contributed by atoms with Crippen LogP contribution < -0.4 is 11.1 Å². The van der Waals surface area contributed by atoms with E-state index in [0.717, 1.165) is 52.2 Å². The number of amides is 1. The van der Waals surface area contributed by atoms with E-state index < -0.39 is 0 Å². The smallest absolute Gasteiger partial charge is 0.268 e. The molecular formula is C31H33Cl2N5O2. The molecule has 0 aliphatic rings. The number of hydrogen-bond acceptors (Lipinski definition) is 4. The van der Waals surface area contributed by atoms with E-state index in [-0.39, 0.29) is 5.91 Å². The van der Waals surface area contributed by atoms with Crippen molar-refractivity contribution in [3.63, 3.8) is 0 Å². The number of aromatic amines is 1. The Morgan fingerprint density at radius 3 is 2.35 bits per heavy atom. The number of nitrogens with two attached hydrogens (primary N) is 1. The average Bonchev–Trinajstić information content (AvgIpc) is 3.54. The molecule has 0 saturated heterocycles. The van der Waals surface area contributed by atoms with E-state index in [4.69, 9.17) is 38.7 Å². The molecule has 0 spiro atoms. The first-order valence-corrected chi connectivity index (χ1v) is 13.9. The highest BCUT2D eigenvalue weighted by Gasteiger charge is 2.25. The lowest BCUT2D eigenvalue weighted by Gasteiger charge is -2.13. The number of nitrogens with one attached hydrogen (secondary N) is 2. The third kappa shape index (κ3) is 6.92. The van der Waals surface area contributed by atoms with E-state index in [0.29, 0.717) is 35.4 Å². The van der Waals surface area contributed by atoms with E-state index >= 15 is 0 Å². The number of fused-ring (bicyclic) bond motifs is 1. The molecule has 0 saturated carbocycles. The third-order valence-electron chi connectivity index (χ3n) is 6.21. The predicted molar refractivity (Wildman–Crippen MR) is 164 cm³/mol. The van der Waals surface area contributed by atoms with Crippen LogP contribution in [0, 0.1) is 0 Å². The minimum absolute atomic E-state index is 0.240. The molecule has 0 aliphatic carbocycles. The highest BCUT2D eigenvalue weighted by Crippen LogP contribution is 2.39. The van der Waals surface area contributed by atoms with Gasteiger partial charge in [-0.15, -0.1) is 0 Å². The maximum absolute atomic E-state index is 13.3. The van der Waals surface area contributed by atoms with Crippen LogP contribution in [-0.4, -0.2) is 46.7 Å². The summed E-state index contributed by atoms with van der Waals surface area (Å²) in [5, 5.41) is 5.02. The topological polar surface area (TPSA) is 98.0 Å². The monoisotopic (exact) mass is 577 g/mol. The Hall–Kier alpha value is -3.62. The van der Waals surface area contributed by atoms with Crippen molar-refractivity contribution in [2.24, 2.45) is 5.73 Å². The zero-order valence-electron chi connectivity index (χ0n) is 22.6. The molecule has 5 rings (SSSR count). The van der Waals surface area contributed by atoms with Crippen LogP contribution in [0.4, 0.5) is 0 Å². The van der Waals surface area contributed by atoms with Crippen LogP contribution in [0.25, 0.3) is 33.4 Å². The molecule has 0 radical (unpaired) electrons. The molecule has 5 aromatic rings. The molecule has 2 aromatic heterocycles. The number of H-pyrrole nitrogens is 1. The summed E-state index contributed by atoms with van der Waals surface area (Å²) >= 11 is 12.4. The fraction of sp³-hybridized carbons (Fsp3) is 0.226. The Kier molecular flexibility index (Phi) is 10.4. The Bertz CT molecular complexity index is 1540. The van der Waals surface area contributed by atoms with Crippen LogP contribution in [-0.2, 0) is 11.3 Å². The maximum Gasteiger partial charge on any atom is 0.268 e. The molecule has 40 heavy (non-hydrogen) atoms. The van der Waals surface area contributed by atoms with Crippen molar-refractivity contribution < 1.29 is 9.53 Å². The second kappa shape index (κ2) is 14.1. The molecule has 7 nitrogen and oxygen atoms in total. The molecule has 0 atom stereocenters. The molecule has 3 aromatic carbocycles.